The van der Waals surface area contributed by atoms with Gasteiger partial charge in [0.05, 0.1) is 0 Å². The van der Waals surface area contributed by atoms with E-state index < -0.39 is 0 Å². The second-order valence-electron chi connectivity index (χ2n) is 2.64. The van der Waals surface area contributed by atoms with Gasteiger partial charge in [0, 0.05) is 16.3 Å². The second-order valence-corrected chi connectivity index (χ2v) is 3.96. The van der Waals surface area contributed by atoms with Crippen molar-refractivity contribution in [1.29, 1.82) is 0 Å². The molecular weight excluding hydrogens is 154 g/mol. The molecule has 0 aliphatic carbocycles. The van der Waals surface area contributed by atoms with Gasteiger partial charge in [-0.25, -0.2) is 0 Å². The summed E-state index contributed by atoms with van der Waals surface area (Å²) in [6, 6.07) is 4.25. The summed E-state index contributed by atoms with van der Waals surface area (Å²) in [5.41, 5.74) is 6.69. The zero-order chi connectivity index (χ0) is 8.27. The monoisotopic (exact) mass is 167 g/mol. The van der Waals surface area contributed by atoms with Crippen LogP contribution in [0.1, 0.15) is 16.7 Å². The highest BCUT2D eigenvalue weighted by Gasteiger charge is 1.92. The molecule has 0 unspecified atom stereocenters. The molecule has 1 aromatic heterocycles. The van der Waals surface area contributed by atoms with Crippen molar-refractivity contribution in [1.82, 2.24) is 0 Å². The summed E-state index contributed by atoms with van der Waals surface area (Å²) in [4.78, 5) is 2.64. The van der Waals surface area contributed by atoms with Gasteiger partial charge in [-0.3, -0.25) is 0 Å². The smallest absolute Gasteiger partial charge is 0.0273 e. The molecule has 1 heterocycles. The minimum absolute atomic E-state index is 0.650. The van der Waals surface area contributed by atoms with Crippen LogP contribution in [-0.2, 0) is 0 Å². The van der Waals surface area contributed by atoms with E-state index in [4.69, 9.17) is 5.73 Å². The van der Waals surface area contributed by atoms with E-state index in [1.165, 1.54) is 15.3 Å². The van der Waals surface area contributed by atoms with Gasteiger partial charge in [0.25, 0.3) is 0 Å². The fourth-order valence-corrected chi connectivity index (χ4v) is 1.74. The van der Waals surface area contributed by atoms with Crippen molar-refractivity contribution in [3.8, 4) is 0 Å². The molecule has 0 saturated carbocycles. The summed E-state index contributed by atoms with van der Waals surface area (Å²) >= 11 is 1.80. The van der Waals surface area contributed by atoms with Crippen LogP contribution in [0.15, 0.2) is 17.7 Å². The van der Waals surface area contributed by atoms with Crippen LogP contribution in [-0.4, -0.2) is 6.54 Å². The molecule has 0 aliphatic rings. The molecule has 0 spiro atoms. The van der Waals surface area contributed by atoms with Crippen LogP contribution >= 0.6 is 11.3 Å². The zero-order valence-electron chi connectivity index (χ0n) is 6.92. The Hall–Kier alpha value is -0.600. The Labute approximate surface area is 71.5 Å². The van der Waals surface area contributed by atoms with Crippen molar-refractivity contribution in [2.45, 2.75) is 13.8 Å². The molecule has 0 radical (unpaired) electrons. The van der Waals surface area contributed by atoms with Gasteiger partial charge >= 0.3 is 0 Å². The molecule has 0 bridgehead atoms. The number of thiophene rings is 1. The molecule has 0 aromatic carbocycles. The van der Waals surface area contributed by atoms with Gasteiger partial charge in [0.15, 0.2) is 0 Å². The third-order valence-electron chi connectivity index (χ3n) is 1.47. The number of rotatable bonds is 2. The van der Waals surface area contributed by atoms with Crippen molar-refractivity contribution in [3.05, 3.63) is 27.5 Å². The molecular formula is C9H13NS. The quantitative estimate of drug-likeness (QED) is 0.719. The zero-order valence-corrected chi connectivity index (χ0v) is 7.74. The maximum Gasteiger partial charge on any atom is 0.0273 e. The largest absolute Gasteiger partial charge is 0.327 e. The van der Waals surface area contributed by atoms with E-state index in [2.05, 4.69) is 32.1 Å². The lowest BCUT2D eigenvalue weighted by molar-refractivity contribution is 1.15. The Morgan fingerprint density at radius 2 is 2.36 bits per heavy atom. The molecule has 60 valence electrons. The normalized spacial score (nSPS) is 12.1. The van der Waals surface area contributed by atoms with E-state index in [1.54, 1.807) is 11.3 Å². The first kappa shape index (κ1) is 8.50. The lowest BCUT2D eigenvalue weighted by Gasteiger charge is -1.91. The fourth-order valence-electron chi connectivity index (χ4n) is 0.833. The van der Waals surface area contributed by atoms with E-state index in [0.29, 0.717) is 6.54 Å². The number of hydrogen-bond acceptors (Lipinski definition) is 2. The Kier molecular flexibility index (Phi) is 2.85. The molecule has 2 heteroatoms. The molecule has 0 atom stereocenters. The van der Waals surface area contributed by atoms with Gasteiger partial charge in [0.1, 0.15) is 0 Å². The Morgan fingerprint density at radius 3 is 2.82 bits per heavy atom. The first-order valence-corrected chi connectivity index (χ1v) is 4.47. The van der Waals surface area contributed by atoms with Crippen LogP contribution in [0.2, 0.25) is 0 Å². The van der Waals surface area contributed by atoms with Crippen molar-refractivity contribution in [2.24, 2.45) is 5.73 Å². The summed E-state index contributed by atoms with van der Waals surface area (Å²) < 4.78 is 0. The molecule has 2 N–H and O–H groups in total. The van der Waals surface area contributed by atoms with Gasteiger partial charge in [-0.05, 0) is 32.1 Å². The van der Waals surface area contributed by atoms with Crippen molar-refractivity contribution >= 4 is 17.4 Å². The highest BCUT2D eigenvalue weighted by molar-refractivity contribution is 7.12. The average Bonchev–Trinajstić information content (AvgIpc) is 2.35. The number of hydrogen-bond donors (Lipinski definition) is 1. The summed E-state index contributed by atoms with van der Waals surface area (Å²) in [5.74, 6) is 0. The molecule has 0 amide bonds. The molecule has 0 aliphatic heterocycles. The summed E-state index contributed by atoms with van der Waals surface area (Å²) in [7, 11) is 0. The van der Waals surface area contributed by atoms with E-state index in [0.717, 1.165) is 0 Å². The number of nitrogens with two attached hydrogens (primary N) is 1. The molecule has 1 nitrogen and oxygen atoms in total. The molecule has 1 rings (SSSR count). The highest BCUT2D eigenvalue weighted by Crippen LogP contribution is 2.17. The van der Waals surface area contributed by atoms with Crippen LogP contribution in [0.3, 0.4) is 0 Å². The third kappa shape index (κ3) is 2.48. The van der Waals surface area contributed by atoms with Crippen molar-refractivity contribution in [2.75, 3.05) is 6.54 Å². The summed E-state index contributed by atoms with van der Waals surface area (Å²) in [6.45, 7) is 4.81. The molecule has 1 aromatic rings. The molecule has 0 saturated heterocycles. The standard InChI is InChI=1S/C9H13NS/c1-7(6-10)5-9-4-3-8(2)11-9/h3-5H,6,10H2,1-2H3. The van der Waals surface area contributed by atoms with Crippen LogP contribution in [0.25, 0.3) is 6.08 Å². The summed E-state index contributed by atoms with van der Waals surface area (Å²) in [5, 5.41) is 0. The second kappa shape index (κ2) is 3.69. The van der Waals surface area contributed by atoms with Crippen LogP contribution in [0.4, 0.5) is 0 Å². The topological polar surface area (TPSA) is 26.0 Å². The predicted molar refractivity (Wildman–Crippen MR) is 51.8 cm³/mol. The minimum Gasteiger partial charge on any atom is -0.327 e. The van der Waals surface area contributed by atoms with E-state index >= 15 is 0 Å². The fraction of sp³-hybridized carbons (Fsp3) is 0.333. The van der Waals surface area contributed by atoms with Gasteiger partial charge in [-0.2, -0.15) is 0 Å². The lowest BCUT2D eigenvalue weighted by Crippen LogP contribution is -1.98. The van der Waals surface area contributed by atoms with Crippen molar-refractivity contribution < 1.29 is 0 Å². The number of aryl methyl sites for hydroxylation is 1. The van der Waals surface area contributed by atoms with Gasteiger partial charge < -0.3 is 5.73 Å². The van der Waals surface area contributed by atoms with E-state index in [9.17, 15) is 0 Å². The Balaban J connectivity index is 2.78. The lowest BCUT2D eigenvalue weighted by atomic mass is 10.2. The Bertz CT molecular complexity index is 260. The van der Waals surface area contributed by atoms with Gasteiger partial charge in [0.2, 0.25) is 0 Å². The van der Waals surface area contributed by atoms with Crippen LogP contribution in [0.5, 0.6) is 0 Å². The maximum atomic E-state index is 5.46. The van der Waals surface area contributed by atoms with Crippen LogP contribution < -0.4 is 5.73 Å². The third-order valence-corrected chi connectivity index (χ3v) is 2.42. The summed E-state index contributed by atoms with van der Waals surface area (Å²) in [6.07, 6.45) is 2.14. The SMILES string of the molecule is CC(=Cc1ccc(C)s1)CN. The van der Waals surface area contributed by atoms with Crippen molar-refractivity contribution in [3.63, 3.8) is 0 Å². The van der Waals surface area contributed by atoms with E-state index in [1.807, 2.05) is 0 Å². The average molecular weight is 167 g/mol. The predicted octanol–water partition coefficient (Wildman–Crippen LogP) is 2.42. The molecule has 0 fully saturated rings. The van der Waals surface area contributed by atoms with E-state index in [-0.39, 0.29) is 0 Å². The minimum atomic E-state index is 0.650. The maximum absolute atomic E-state index is 5.46. The van der Waals surface area contributed by atoms with Gasteiger partial charge in [-0.1, -0.05) is 5.57 Å². The van der Waals surface area contributed by atoms with Crippen LogP contribution in [0, 0.1) is 6.92 Å². The Morgan fingerprint density at radius 1 is 1.64 bits per heavy atom. The highest BCUT2D eigenvalue weighted by atomic mass is 32.1. The van der Waals surface area contributed by atoms with Gasteiger partial charge in [-0.15, -0.1) is 11.3 Å². The first-order valence-electron chi connectivity index (χ1n) is 3.66. The first-order chi connectivity index (χ1) is 5.22. The molecule has 11 heavy (non-hydrogen) atoms.